The molecule has 0 heterocycles. The van der Waals surface area contributed by atoms with Crippen molar-refractivity contribution in [3.8, 4) is 17.6 Å². The lowest BCUT2D eigenvalue weighted by molar-refractivity contribution is -0.114. The highest BCUT2D eigenvalue weighted by Gasteiger charge is 1.96. The Morgan fingerprint density at radius 2 is 2.06 bits per heavy atom. The van der Waals surface area contributed by atoms with E-state index in [-0.39, 0.29) is 5.91 Å². The van der Waals surface area contributed by atoms with Crippen LogP contribution in [0.5, 0.6) is 5.75 Å². The number of hydrogen-bond donors (Lipinski definition) is 1. The summed E-state index contributed by atoms with van der Waals surface area (Å²) in [6.07, 6.45) is 0. The fourth-order valence-electron chi connectivity index (χ4n) is 1.06. The number of anilines is 1. The van der Waals surface area contributed by atoms with E-state index in [2.05, 4.69) is 17.2 Å². The monoisotopic (exact) mass is 237 g/mol. The number of rotatable bonds is 3. The van der Waals surface area contributed by atoms with Crippen molar-refractivity contribution >= 4 is 23.2 Å². The summed E-state index contributed by atoms with van der Waals surface area (Å²) in [5, 5.41) is 2.67. The maximum absolute atomic E-state index is 10.8. The van der Waals surface area contributed by atoms with Gasteiger partial charge in [-0.3, -0.25) is 4.79 Å². The molecule has 3 nitrogen and oxygen atoms in total. The van der Waals surface area contributed by atoms with Crippen molar-refractivity contribution in [2.75, 3.05) is 17.8 Å². The molecule has 0 aliphatic carbocycles. The van der Waals surface area contributed by atoms with E-state index < -0.39 is 0 Å². The molecule has 0 aliphatic heterocycles. The van der Waals surface area contributed by atoms with Gasteiger partial charge in [0, 0.05) is 12.6 Å². The summed E-state index contributed by atoms with van der Waals surface area (Å²) >= 11 is 5.38. The van der Waals surface area contributed by atoms with E-state index in [4.69, 9.17) is 16.3 Å². The Bertz CT molecular complexity index is 403. The van der Waals surface area contributed by atoms with E-state index in [0.29, 0.717) is 18.2 Å². The number of hydrogen-bond acceptors (Lipinski definition) is 2. The van der Waals surface area contributed by atoms with E-state index in [1.807, 2.05) is 0 Å². The summed E-state index contributed by atoms with van der Waals surface area (Å²) in [5.74, 6) is 6.37. The lowest BCUT2D eigenvalue weighted by Crippen LogP contribution is -2.05. The summed E-state index contributed by atoms with van der Waals surface area (Å²) in [7, 11) is 0. The summed E-state index contributed by atoms with van der Waals surface area (Å²) in [6.45, 7) is 1.78. The molecule has 4 heteroatoms. The van der Waals surface area contributed by atoms with Gasteiger partial charge in [-0.05, 0) is 24.3 Å². The smallest absolute Gasteiger partial charge is 0.221 e. The topological polar surface area (TPSA) is 38.3 Å². The summed E-state index contributed by atoms with van der Waals surface area (Å²) in [5.41, 5.74) is 0.742. The van der Waals surface area contributed by atoms with Crippen LogP contribution < -0.4 is 10.1 Å². The fraction of sp³-hybridized carbons (Fsp3) is 0.250. The third-order valence-electron chi connectivity index (χ3n) is 1.68. The Kier molecular flexibility index (Phi) is 5.24. The molecule has 1 rings (SSSR count). The standard InChI is InChI=1S/C12H12ClNO2/c1-10(15)14-11-4-6-12(7-5-11)16-9-3-2-8-13/h4-7H,8-9H2,1H3,(H,14,15). The van der Waals surface area contributed by atoms with Crippen molar-refractivity contribution in [3.05, 3.63) is 24.3 Å². The summed E-state index contributed by atoms with van der Waals surface area (Å²) in [4.78, 5) is 10.8. The molecule has 0 aliphatic rings. The van der Waals surface area contributed by atoms with Gasteiger partial charge in [-0.1, -0.05) is 11.8 Å². The predicted molar refractivity (Wildman–Crippen MR) is 64.7 cm³/mol. The van der Waals surface area contributed by atoms with Crippen LogP contribution in [-0.4, -0.2) is 18.4 Å². The first-order valence-electron chi connectivity index (χ1n) is 4.74. The number of benzene rings is 1. The molecule has 1 N–H and O–H groups in total. The van der Waals surface area contributed by atoms with Crippen LogP contribution in [0.4, 0.5) is 5.69 Å². The van der Waals surface area contributed by atoms with Crippen LogP contribution >= 0.6 is 11.6 Å². The van der Waals surface area contributed by atoms with Gasteiger partial charge in [-0.15, -0.1) is 11.6 Å². The molecule has 0 bridgehead atoms. The third-order valence-corrected chi connectivity index (χ3v) is 1.81. The first kappa shape index (κ1) is 12.4. The number of ether oxygens (including phenoxy) is 1. The minimum Gasteiger partial charge on any atom is -0.481 e. The number of carbonyl (C=O) groups excluding carboxylic acids is 1. The van der Waals surface area contributed by atoms with E-state index in [0.717, 1.165) is 5.69 Å². The minimum atomic E-state index is -0.0957. The van der Waals surface area contributed by atoms with Crippen LogP contribution in [0.3, 0.4) is 0 Å². The first-order chi connectivity index (χ1) is 7.72. The largest absolute Gasteiger partial charge is 0.481 e. The van der Waals surface area contributed by atoms with Gasteiger partial charge >= 0.3 is 0 Å². The van der Waals surface area contributed by atoms with Crippen LogP contribution in [-0.2, 0) is 4.79 Å². The van der Waals surface area contributed by atoms with E-state index in [1.165, 1.54) is 6.92 Å². The second kappa shape index (κ2) is 6.76. The van der Waals surface area contributed by atoms with Crippen molar-refractivity contribution in [1.82, 2.24) is 0 Å². The molecule has 0 unspecified atom stereocenters. The zero-order valence-corrected chi connectivity index (χ0v) is 9.67. The molecule has 16 heavy (non-hydrogen) atoms. The molecule has 0 saturated carbocycles. The molecular formula is C12H12ClNO2. The average molecular weight is 238 g/mol. The Morgan fingerprint density at radius 1 is 1.38 bits per heavy atom. The van der Waals surface area contributed by atoms with Crippen molar-refractivity contribution in [2.45, 2.75) is 6.92 Å². The average Bonchev–Trinajstić information content (AvgIpc) is 2.26. The second-order valence-corrected chi connectivity index (χ2v) is 3.25. The summed E-state index contributed by atoms with van der Waals surface area (Å²) in [6, 6.07) is 7.08. The van der Waals surface area contributed by atoms with Crippen LogP contribution in [0.1, 0.15) is 6.92 Å². The van der Waals surface area contributed by atoms with Crippen LogP contribution in [0.2, 0.25) is 0 Å². The molecule has 0 fully saturated rings. The molecule has 0 spiro atoms. The zero-order chi connectivity index (χ0) is 11.8. The van der Waals surface area contributed by atoms with Gasteiger partial charge in [0.15, 0.2) is 0 Å². The minimum absolute atomic E-state index is 0.0957. The van der Waals surface area contributed by atoms with E-state index in [9.17, 15) is 4.79 Å². The lowest BCUT2D eigenvalue weighted by Gasteiger charge is -2.04. The van der Waals surface area contributed by atoms with Gasteiger partial charge in [0.1, 0.15) is 12.4 Å². The van der Waals surface area contributed by atoms with Gasteiger partial charge in [0.2, 0.25) is 5.91 Å². The molecule has 0 radical (unpaired) electrons. The van der Waals surface area contributed by atoms with Crippen molar-refractivity contribution < 1.29 is 9.53 Å². The lowest BCUT2D eigenvalue weighted by atomic mass is 10.3. The highest BCUT2D eigenvalue weighted by atomic mass is 35.5. The fourth-order valence-corrected chi connectivity index (χ4v) is 1.15. The Hall–Kier alpha value is -1.66. The van der Waals surface area contributed by atoms with E-state index in [1.54, 1.807) is 24.3 Å². The molecular weight excluding hydrogens is 226 g/mol. The number of carbonyl (C=O) groups is 1. The molecule has 0 saturated heterocycles. The van der Waals surface area contributed by atoms with E-state index >= 15 is 0 Å². The Morgan fingerprint density at radius 3 is 2.62 bits per heavy atom. The third kappa shape index (κ3) is 4.72. The van der Waals surface area contributed by atoms with Crippen LogP contribution in [0.15, 0.2) is 24.3 Å². The highest BCUT2D eigenvalue weighted by Crippen LogP contribution is 2.15. The first-order valence-corrected chi connectivity index (χ1v) is 5.28. The highest BCUT2D eigenvalue weighted by molar-refractivity contribution is 6.19. The van der Waals surface area contributed by atoms with Gasteiger partial charge in [0.05, 0.1) is 5.88 Å². The quantitative estimate of drug-likeness (QED) is 0.647. The maximum Gasteiger partial charge on any atom is 0.221 e. The van der Waals surface area contributed by atoms with Crippen molar-refractivity contribution in [2.24, 2.45) is 0 Å². The van der Waals surface area contributed by atoms with Gasteiger partial charge in [-0.2, -0.15) is 0 Å². The van der Waals surface area contributed by atoms with Crippen LogP contribution in [0, 0.1) is 11.8 Å². The molecule has 0 atom stereocenters. The summed E-state index contributed by atoms with van der Waals surface area (Å²) < 4.78 is 5.32. The molecule has 1 amide bonds. The van der Waals surface area contributed by atoms with Gasteiger partial charge in [0.25, 0.3) is 0 Å². The zero-order valence-electron chi connectivity index (χ0n) is 8.92. The Balaban J connectivity index is 2.48. The SMILES string of the molecule is CC(=O)Nc1ccc(OCC#CCCl)cc1. The van der Waals surface area contributed by atoms with Gasteiger partial charge in [-0.25, -0.2) is 0 Å². The number of halogens is 1. The van der Waals surface area contributed by atoms with Crippen LogP contribution in [0.25, 0.3) is 0 Å². The Labute approximate surface area is 99.7 Å². The molecule has 84 valence electrons. The van der Waals surface area contributed by atoms with Crippen molar-refractivity contribution in [1.29, 1.82) is 0 Å². The maximum atomic E-state index is 10.8. The number of amides is 1. The van der Waals surface area contributed by atoms with Crippen molar-refractivity contribution in [3.63, 3.8) is 0 Å². The second-order valence-electron chi connectivity index (χ2n) is 2.98. The normalized spacial score (nSPS) is 8.88. The molecule has 1 aromatic carbocycles. The number of nitrogens with one attached hydrogen (secondary N) is 1. The molecule has 1 aromatic rings. The predicted octanol–water partition coefficient (Wildman–Crippen LogP) is 2.27. The number of alkyl halides is 1. The molecule has 0 aromatic heterocycles. The van der Waals surface area contributed by atoms with Gasteiger partial charge < -0.3 is 10.1 Å².